The molecule has 0 spiro atoms. The second kappa shape index (κ2) is 7.07. The third-order valence-electron chi connectivity index (χ3n) is 2.70. The molecule has 0 bridgehead atoms. The molecule has 2 aromatic rings. The summed E-state index contributed by atoms with van der Waals surface area (Å²) >= 11 is 11.8. The van der Waals surface area contributed by atoms with E-state index in [2.05, 4.69) is 24.1 Å². The van der Waals surface area contributed by atoms with Gasteiger partial charge in [0.05, 0.1) is 5.02 Å². The van der Waals surface area contributed by atoms with E-state index in [9.17, 15) is 4.39 Å². The topological polar surface area (TPSA) is 34.2 Å². The minimum absolute atomic E-state index is 0.00930. The lowest BCUT2D eigenvalue weighted by molar-refractivity contribution is 0.427. The summed E-state index contributed by atoms with van der Waals surface area (Å²) in [5.41, 5.74) is 0.924. The third kappa shape index (κ3) is 4.30. The number of nitrogens with one attached hydrogen (secondary N) is 1. The molecule has 21 heavy (non-hydrogen) atoms. The lowest BCUT2D eigenvalue weighted by Gasteiger charge is -2.11. The number of aromatic nitrogens is 1. The molecule has 0 unspecified atom stereocenters. The molecule has 112 valence electrons. The average Bonchev–Trinajstić information content (AvgIpc) is 2.44. The van der Waals surface area contributed by atoms with Crippen molar-refractivity contribution in [3.63, 3.8) is 0 Å². The Morgan fingerprint density at radius 1 is 1.29 bits per heavy atom. The van der Waals surface area contributed by atoms with Crippen molar-refractivity contribution < 1.29 is 9.13 Å². The Hall–Kier alpha value is -1.36. The largest absolute Gasteiger partial charge is 0.434 e. The highest BCUT2D eigenvalue weighted by Crippen LogP contribution is 2.31. The van der Waals surface area contributed by atoms with Gasteiger partial charge in [-0.3, -0.25) is 0 Å². The Kier molecular flexibility index (Phi) is 5.39. The SMILES string of the molecule is CC(C)NCc1cnc(Oc2cccc(Cl)c2F)c(Cl)c1. The molecule has 2 rings (SSSR count). The van der Waals surface area contributed by atoms with Gasteiger partial charge in [-0.15, -0.1) is 0 Å². The minimum Gasteiger partial charge on any atom is -0.434 e. The van der Waals surface area contributed by atoms with Gasteiger partial charge in [-0.25, -0.2) is 9.37 Å². The van der Waals surface area contributed by atoms with Crippen molar-refractivity contribution in [2.24, 2.45) is 0 Å². The van der Waals surface area contributed by atoms with Gasteiger partial charge in [0.25, 0.3) is 0 Å². The van der Waals surface area contributed by atoms with Crippen LogP contribution in [0.4, 0.5) is 4.39 Å². The van der Waals surface area contributed by atoms with Gasteiger partial charge in [-0.2, -0.15) is 0 Å². The van der Waals surface area contributed by atoms with Crippen LogP contribution in [-0.4, -0.2) is 11.0 Å². The molecule has 1 aromatic heterocycles. The monoisotopic (exact) mass is 328 g/mol. The van der Waals surface area contributed by atoms with E-state index in [1.165, 1.54) is 12.1 Å². The summed E-state index contributed by atoms with van der Waals surface area (Å²) in [6.45, 7) is 4.75. The van der Waals surface area contributed by atoms with Crippen molar-refractivity contribution in [2.75, 3.05) is 0 Å². The molecule has 0 fully saturated rings. The maximum absolute atomic E-state index is 13.8. The van der Waals surface area contributed by atoms with Crippen LogP contribution in [0.5, 0.6) is 11.6 Å². The predicted octanol–water partition coefficient (Wildman–Crippen LogP) is 4.82. The Bertz CT molecular complexity index is 635. The van der Waals surface area contributed by atoms with Crippen molar-refractivity contribution in [2.45, 2.75) is 26.4 Å². The zero-order chi connectivity index (χ0) is 15.4. The van der Waals surface area contributed by atoms with Gasteiger partial charge in [0.1, 0.15) is 5.02 Å². The van der Waals surface area contributed by atoms with Crippen molar-refractivity contribution in [3.05, 3.63) is 51.9 Å². The molecule has 0 amide bonds. The number of hydrogen-bond acceptors (Lipinski definition) is 3. The van der Waals surface area contributed by atoms with Crippen molar-refractivity contribution in [1.82, 2.24) is 10.3 Å². The van der Waals surface area contributed by atoms with Crippen LogP contribution in [0.2, 0.25) is 10.0 Å². The average molecular weight is 329 g/mol. The van der Waals surface area contributed by atoms with Gasteiger partial charge in [0, 0.05) is 18.8 Å². The van der Waals surface area contributed by atoms with Crippen LogP contribution in [0, 0.1) is 5.82 Å². The zero-order valence-corrected chi connectivity index (χ0v) is 13.2. The minimum atomic E-state index is -0.636. The Labute approximate surface area is 133 Å². The summed E-state index contributed by atoms with van der Waals surface area (Å²) in [6.07, 6.45) is 1.64. The molecule has 0 aliphatic carbocycles. The van der Waals surface area contributed by atoms with E-state index in [1.54, 1.807) is 18.3 Å². The normalized spacial score (nSPS) is 11.0. The fraction of sp³-hybridized carbons (Fsp3) is 0.267. The molecule has 0 saturated heterocycles. The molecule has 3 nitrogen and oxygen atoms in total. The molecule has 0 aliphatic rings. The number of rotatable bonds is 5. The molecule has 6 heteroatoms. The molecule has 0 radical (unpaired) electrons. The van der Waals surface area contributed by atoms with Crippen LogP contribution >= 0.6 is 23.2 Å². The molecule has 0 saturated carbocycles. The fourth-order valence-corrected chi connectivity index (χ4v) is 2.02. The molecular formula is C15H15Cl2FN2O. The molecule has 1 aromatic carbocycles. The molecule has 1 N–H and O–H groups in total. The molecule has 0 aliphatic heterocycles. The van der Waals surface area contributed by atoms with Crippen LogP contribution in [0.15, 0.2) is 30.5 Å². The number of halogens is 3. The summed E-state index contributed by atoms with van der Waals surface area (Å²) in [5.74, 6) is -0.501. The predicted molar refractivity (Wildman–Crippen MR) is 82.7 cm³/mol. The third-order valence-corrected chi connectivity index (χ3v) is 3.26. The van der Waals surface area contributed by atoms with Crippen LogP contribution in [0.1, 0.15) is 19.4 Å². The van der Waals surface area contributed by atoms with Gasteiger partial charge >= 0.3 is 0 Å². The summed E-state index contributed by atoms with van der Waals surface area (Å²) in [5, 5.41) is 3.56. The maximum Gasteiger partial charge on any atom is 0.238 e. The highest BCUT2D eigenvalue weighted by molar-refractivity contribution is 6.32. The quantitative estimate of drug-likeness (QED) is 0.854. The standard InChI is InChI=1S/C15H15Cl2FN2O/c1-9(2)19-7-10-6-12(17)15(20-8-10)21-13-5-3-4-11(16)14(13)18/h3-6,8-9,19H,7H2,1-2H3. The van der Waals surface area contributed by atoms with Gasteiger partial charge in [-0.05, 0) is 23.8 Å². The first kappa shape index (κ1) is 16.0. The smallest absolute Gasteiger partial charge is 0.238 e. The fourth-order valence-electron chi connectivity index (χ4n) is 1.63. The van der Waals surface area contributed by atoms with Crippen molar-refractivity contribution in [3.8, 4) is 11.6 Å². The van der Waals surface area contributed by atoms with Crippen LogP contribution in [0.25, 0.3) is 0 Å². The van der Waals surface area contributed by atoms with E-state index < -0.39 is 5.82 Å². The van der Waals surface area contributed by atoms with Crippen molar-refractivity contribution >= 4 is 23.2 Å². The zero-order valence-electron chi connectivity index (χ0n) is 11.7. The highest BCUT2D eigenvalue weighted by atomic mass is 35.5. The maximum atomic E-state index is 13.8. The first-order valence-corrected chi connectivity index (χ1v) is 7.22. The molecular weight excluding hydrogens is 314 g/mol. The number of ether oxygens (including phenoxy) is 1. The van der Waals surface area contributed by atoms with E-state index in [1.807, 2.05) is 0 Å². The summed E-state index contributed by atoms with van der Waals surface area (Å²) in [7, 11) is 0. The van der Waals surface area contributed by atoms with E-state index in [4.69, 9.17) is 27.9 Å². The van der Waals surface area contributed by atoms with E-state index in [0.29, 0.717) is 17.6 Å². The second-order valence-electron chi connectivity index (χ2n) is 4.82. The lowest BCUT2D eigenvalue weighted by atomic mass is 10.2. The summed E-state index contributed by atoms with van der Waals surface area (Å²) < 4.78 is 19.1. The van der Waals surface area contributed by atoms with Crippen LogP contribution in [-0.2, 0) is 6.54 Å². The molecule has 0 atom stereocenters. The Morgan fingerprint density at radius 3 is 2.71 bits per heavy atom. The Morgan fingerprint density at radius 2 is 2.05 bits per heavy atom. The van der Waals surface area contributed by atoms with E-state index in [-0.39, 0.29) is 16.7 Å². The van der Waals surface area contributed by atoms with E-state index >= 15 is 0 Å². The molecule has 1 heterocycles. The lowest BCUT2D eigenvalue weighted by Crippen LogP contribution is -2.21. The van der Waals surface area contributed by atoms with Crippen LogP contribution < -0.4 is 10.1 Å². The first-order chi connectivity index (χ1) is 9.97. The van der Waals surface area contributed by atoms with Gasteiger partial charge in [0.2, 0.25) is 5.88 Å². The Balaban J connectivity index is 2.16. The van der Waals surface area contributed by atoms with Gasteiger partial charge < -0.3 is 10.1 Å². The number of nitrogens with zero attached hydrogens (tertiary/aromatic N) is 1. The van der Waals surface area contributed by atoms with Gasteiger partial charge in [0.15, 0.2) is 11.6 Å². The highest BCUT2D eigenvalue weighted by Gasteiger charge is 2.12. The van der Waals surface area contributed by atoms with E-state index in [0.717, 1.165) is 5.56 Å². The van der Waals surface area contributed by atoms with Crippen molar-refractivity contribution in [1.29, 1.82) is 0 Å². The van der Waals surface area contributed by atoms with Crippen LogP contribution in [0.3, 0.4) is 0 Å². The number of hydrogen-bond donors (Lipinski definition) is 1. The number of benzene rings is 1. The first-order valence-electron chi connectivity index (χ1n) is 6.47. The second-order valence-corrected chi connectivity index (χ2v) is 5.63. The summed E-state index contributed by atoms with van der Waals surface area (Å²) in [4.78, 5) is 4.12. The van der Waals surface area contributed by atoms with Gasteiger partial charge in [-0.1, -0.05) is 43.1 Å². The number of pyridine rings is 1. The summed E-state index contributed by atoms with van der Waals surface area (Å²) in [6, 6.07) is 6.60.